The van der Waals surface area contributed by atoms with Crippen LogP contribution in [0.4, 0.5) is 17.1 Å². The molecule has 3 aromatic carbocycles. The normalized spacial score (nSPS) is 14.3. The summed E-state index contributed by atoms with van der Waals surface area (Å²) in [5.74, 6) is 0.835. The first kappa shape index (κ1) is 20.1. The highest BCUT2D eigenvalue weighted by Gasteiger charge is 2.16. The molecule has 1 saturated heterocycles. The van der Waals surface area contributed by atoms with Gasteiger partial charge in [0, 0.05) is 41.7 Å². The predicted octanol–water partition coefficient (Wildman–Crippen LogP) is 6.75. The van der Waals surface area contributed by atoms with Gasteiger partial charge in [-0.05, 0) is 84.5 Å². The summed E-state index contributed by atoms with van der Waals surface area (Å²) >= 11 is 0. The van der Waals surface area contributed by atoms with Crippen molar-refractivity contribution < 1.29 is 0 Å². The summed E-state index contributed by atoms with van der Waals surface area (Å²) in [5, 5.41) is 13.7. The quantitative estimate of drug-likeness (QED) is 0.398. The van der Waals surface area contributed by atoms with E-state index in [-0.39, 0.29) is 0 Å². The fraction of sp³-hybridized carbons (Fsp3) is 0.214. The zero-order chi connectivity index (χ0) is 21.9. The summed E-state index contributed by atoms with van der Waals surface area (Å²) < 4.78 is 0. The number of piperidine rings is 1. The molecule has 0 amide bonds. The van der Waals surface area contributed by atoms with E-state index in [1.54, 1.807) is 0 Å². The van der Waals surface area contributed by atoms with E-state index < -0.39 is 0 Å². The van der Waals surface area contributed by atoms with Gasteiger partial charge in [-0.15, -0.1) is 0 Å². The van der Waals surface area contributed by atoms with Crippen molar-refractivity contribution in [3.8, 4) is 17.2 Å². The molecule has 0 saturated carbocycles. The lowest BCUT2D eigenvalue weighted by Gasteiger charge is -2.32. The van der Waals surface area contributed by atoms with Gasteiger partial charge in [-0.25, -0.2) is 0 Å². The van der Waals surface area contributed by atoms with Crippen molar-refractivity contribution >= 4 is 28.0 Å². The molecule has 2 heterocycles. The molecule has 0 unspecified atom stereocenters. The van der Waals surface area contributed by atoms with E-state index in [0.29, 0.717) is 5.56 Å². The van der Waals surface area contributed by atoms with Crippen molar-refractivity contribution in [3.63, 3.8) is 0 Å². The van der Waals surface area contributed by atoms with Crippen LogP contribution in [0.5, 0.6) is 0 Å². The van der Waals surface area contributed by atoms with Crippen LogP contribution in [0.3, 0.4) is 0 Å². The van der Waals surface area contributed by atoms with Gasteiger partial charge >= 0.3 is 0 Å². The average Bonchev–Trinajstić information content (AvgIpc) is 2.85. The molecule has 158 valence electrons. The Bertz CT molecular complexity index is 1260. The summed E-state index contributed by atoms with van der Waals surface area (Å²) in [5.41, 5.74) is 7.20. The van der Waals surface area contributed by atoms with Crippen LogP contribution in [0.2, 0.25) is 0 Å². The van der Waals surface area contributed by atoms with Crippen molar-refractivity contribution in [1.29, 1.82) is 5.26 Å². The fourth-order valence-electron chi connectivity index (χ4n) is 4.35. The summed E-state index contributed by atoms with van der Waals surface area (Å²) in [6.45, 7) is 4.62. The Kier molecular flexibility index (Phi) is 5.47. The van der Waals surface area contributed by atoms with Crippen LogP contribution in [0.15, 0.2) is 79.0 Å². The second-order valence-electron chi connectivity index (χ2n) is 8.62. The minimum atomic E-state index is 0.668. The number of aromatic nitrogens is 1. The summed E-state index contributed by atoms with van der Waals surface area (Å²) in [7, 11) is 0. The van der Waals surface area contributed by atoms with E-state index >= 15 is 0 Å². The summed E-state index contributed by atoms with van der Waals surface area (Å²) in [6, 6.07) is 26.9. The second-order valence-corrected chi connectivity index (χ2v) is 8.62. The van der Waals surface area contributed by atoms with Crippen molar-refractivity contribution in [3.05, 3.63) is 84.6 Å². The number of rotatable bonds is 4. The number of nitrogens with zero attached hydrogens (tertiary/aromatic N) is 3. The van der Waals surface area contributed by atoms with Gasteiger partial charge in [0.1, 0.15) is 0 Å². The number of benzene rings is 3. The van der Waals surface area contributed by atoms with Crippen molar-refractivity contribution in [2.45, 2.75) is 19.8 Å². The Morgan fingerprint density at radius 1 is 0.906 bits per heavy atom. The van der Waals surface area contributed by atoms with Crippen LogP contribution in [-0.2, 0) is 0 Å². The molecular formula is C28H26N4. The summed E-state index contributed by atoms with van der Waals surface area (Å²) in [4.78, 5) is 7.02. The standard InChI is InChI=1S/C28H26N4/c1-20-13-16-32(17-14-20)25-9-7-24(8-10-25)31-28-12-15-30-27-11-6-23(18-26(27)28)22-4-2-21(19-29)3-5-22/h2-12,15,18,20H,13-14,16-17H2,1H3,(H,30,31). The van der Waals surface area contributed by atoms with E-state index in [9.17, 15) is 0 Å². The smallest absolute Gasteiger partial charge is 0.0991 e. The highest BCUT2D eigenvalue weighted by atomic mass is 15.1. The van der Waals surface area contributed by atoms with E-state index in [4.69, 9.17) is 5.26 Å². The van der Waals surface area contributed by atoms with Gasteiger partial charge in [-0.2, -0.15) is 5.26 Å². The van der Waals surface area contributed by atoms with Crippen molar-refractivity contribution in [2.75, 3.05) is 23.3 Å². The van der Waals surface area contributed by atoms with E-state index in [1.807, 2.05) is 36.5 Å². The summed E-state index contributed by atoms with van der Waals surface area (Å²) in [6.07, 6.45) is 4.38. The lowest BCUT2D eigenvalue weighted by Crippen LogP contribution is -2.32. The van der Waals surface area contributed by atoms with E-state index in [0.717, 1.165) is 52.4 Å². The Morgan fingerprint density at radius 2 is 1.62 bits per heavy atom. The van der Waals surface area contributed by atoms with Crippen LogP contribution < -0.4 is 10.2 Å². The van der Waals surface area contributed by atoms with Gasteiger partial charge in [-0.3, -0.25) is 4.98 Å². The lowest BCUT2D eigenvalue weighted by atomic mass is 9.99. The minimum absolute atomic E-state index is 0.668. The molecule has 4 aromatic rings. The molecule has 0 spiro atoms. The molecule has 1 N–H and O–H groups in total. The number of pyridine rings is 1. The monoisotopic (exact) mass is 418 g/mol. The molecule has 5 rings (SSSR count). The maximum absolute atomic E-state index is 9.05. The molecule has 1 aliphatic heterocycles. The number of nitriles is 1. The van der Waals surface area contributed by atoms with Crippen molar-refractivity contribution in [2.24, 2.45) is 5.92 Å². The van der Waals surface area contributed by atoms with Gasteiger partial charge in [0.25, 0.3) is 0 Å². The maximum Gasteiger partial charge on any atom is 0.0991 e. The Balaban J connectivity index is 1.40. The molecule has 4 nitrogen and oxygen atoms in total. The Hall–Kier alpha value is -3.84. The first-order chi connectivity index (χ1) is 15.7. The lowest BCUT2D eigenvalue weighted by molar-refractivity contribution is 0.438. The van der Waals surface area contributed by atoms with Gasteiger partial charge < -0.3 is 10.2 Å². The number of anilines is 3. The third-order valence-corrected chi connectivity index (χ3v) is 6.38. The first-order valence-corrected chi connectivity index (χ1v) is 11.2. The van der Waals surface area contributed by atoms with Crippen LogP contribution in [0.25, 0.3) is 22.0 Å². The van der Waals surface area contributed by atoms with Crippen LogP contribution >= 0.6 is 0 Å². The molecule has 1 aromatic heterocycles. The molecule has 0 atom stereocenters. The zero-order valence-corrected chi connectivity index (χ0v) is 18.3. The third-order valence-electron chi connectivity index (χ3n) is 6.38. The number of hydrogen-bond acceptors (Lipinski definition) is 4. The van der Waals surface area contributed by atoms with Gasteiger partial charge in [0.2, 0.25) is 0 Å². The molecule has 0 bridgehead atoms. The molecule has 0 aliphatic carbocycles. The molecule has 0 radical (unpaired) electrons. The van der Waals surface area contributed by atoms with Crippen LogP contribution in [-0.4, -0.2) is 18.1 Å². The minimum Gasteiger partial charge on any atom is -0.372 e. The average molecular weight is 419 g/mol. The molecule has 1 aliphatic rings. The zero-order valence-electron chi connectivity index (χ0n) is 18.3. The third kappa shape index (κ3) is 4.15. The largest absolute Gasteiger partial charge is 0.372 e. The molecular weight excluding hydrogens is 392 g/mol. The van der Waals surface area contributed by atoms with Gasteiger partial charge in [0.05, 0.1) is 17.1 Å². The Morgan fingerprint density at radius 3 is 2.34 bits per heavy atom. The highest BCUT2D eigenvalue weighted by Crippen LogP contribution is 2.31. The first-order valence-electron chi connectivity index (χ1n) is 11.2. The topological polar surface area (TPSA) is 52.0 Å². The van der Waals surface area contributed by atoms with Gasteiger partial charge in [0.15, 0.2) is 0 Å². The van der Waals surface area contributed by atoms with Crippen molar-refractivity contribution in [1.82, 2.24) is 4.98 Å². The molecule has 32 heavy (non-hydrogen) atoms. The van der Waals surface area contributed by atoms with Crippen LogP contribution in [0, 0.1) is 17.2 Å². The number of nitrogens with one attached hydrogen (secondary N) is 1. The fourth-order valence-corrected chi connectivity index (χ4v) is 4.35. The Labute approximate surface area is 189 Å². The molecule has 4 heteroatoms. The second kappa shape index (κ2) is 8.72. The van der Waals surface area contributed by atoms with Gasteiger partial charge in [-0.1, -0.05) is 25.1 Å². The van der Waals surface area contributed by atoms with E-state index in [2.05, 4.69) is 70.7 Å². The van der Waals surface area contributed by atoms with E-state index in [1.165, 1.54) is 18.5 Å². The molecule has 1 fully saturated rings. The number of hydrogen-bond donors (Lipinski definition) is 1. The van der Waals surface area contributed by atoms with Crippen LogP contribution in [0.1, 0.15) is 25.3 Å². The predicted molar refractivity (Wildman–Crippen MR) is 132 cm³/mol. The SMILES string of the molecule is CC1CCN(c2ccc(Nc3ccnc4ccc(-c5ccc(C#N)cc5)cc34)cc2)CC1. The number of fused-ring (bicyclic) bond motifs is 1. The maximum atomic E-state index is 9.05. The highest BCUT2D eigenvalue weighted by molar-refractivity contribution is 5.95.